The van der Waals surface area contributed by atoms with Crippen LogP contribution in [-0.2, 0) is 0 Å². The molecule has 4 nitrogen and oxygen atoms in total. The molecule has 0 atom stereocenters. The fraction of sp³-hybridized carbons (Fsp3) is 0. The Balaban J connectivity index is 1.95. The van der Waals surface area contributed by atoms with Crippen molar-refractivity contribution in [3.63, 3.8) is 0 Å². The van der Waals surface area contributed by atoms with E-state index in [9.17, 15) is 0 Å². The van der Waals surface area contributed by atoms with Crippen LogP contribution >= 0.6 is 15.9 Å². The van der Waals surface area contributed by atoms with E-state index >= 15 is 0 Å². The third kappa shape index (κ3) is 2.51. The molecule has 2 N–H and O–H groups in total. The van der Waals surface area contributed by atoms with Gasteiger partial charge in [0, 0.05) is 15.7 Å². The summed E-state index contributed by atoms with van der Waals surface area (Å²) < 4.78 is 2.78. The lowest BCUT2D eigenvalue weighted by atomic mass is 10.2. The highest BCUT2D eigenvalue weighted by atomic mass is 79.9. The van der Waals surface area contributed by atoms with Gasteiger partial charge in [-0.25, -0.2) is 4.68 Å². The Morgan fingerprint density at radius 3 is 2.32 bits per heavy atom. The molecule has 0 saturated heterocycles. The van der Waals surface area contributed by atoms with Crippen molar-refractivity contribution in [1.82, 2.24) is 15.0 Å². The number of nitrogens with zero attached hydrogens (tertiary/aromatic N) is 3. The van der Waals surface area contributed by atoms with Gasteiger partial charge in [0.25, 0.3) is 0 Å². The molecule has 0 saturated carbocycles. The Morgan fingerprint density at radius 2 is 1.63 bits per heavy atom. The number of anilines is 1. The van der Waals surface area contributed by atoms with E-state index in [-0.39, 0.29) is 0 Å². The number of nitrogen functional groups attached to an aromatic ring is 1. The molecule has 0 aliphatic heterocycles. The van der Waals surface area contributed by atoms with Gasteiger partial charge in [0.2, 0.25) is 0 Å². The van der Waals surface area contributed by atoms with E-state index in [0.717, 1.165) is 27.1 Å². The number of nitrogens with two attached hydrogens (primary N) is 1. The van der Waals surface area contributed by atoms with Crippen molar-refractivity contribution in [3.05, 3.63) is 59.2 Å². The van der Waals surface area contributed by atoms with Gasteiger partial charge in [0.05, 0.1) is 11.9 Å². The second kappa shape index (κ2) is 4.85. The maximum absolute atomic E-state index is 5.67. The van der Waals surface area contributed by atoms with Crippen LogP contribution in [-0.4, -0.2) is 15.0 Å². The fourth-order valence-corrected chi connectivity index (χ4v) is 2.03. The van der Waals surface area contributed by atoms with Crippen molar-refractivity contribution in [2.45, 2.75) is 0 Å². The van der Waals surface area contributed by atoms with Crippen molar-refractivity contribution < 1.29 is 0 Å². The first-order valence-corrected chi connectivity index (χ1v) is 6.56. The average molecular weight is 315 g/mol. The second-order valence-electron chi connectivity index (χ2n) is 4.15. The lowest BCUT2D eigenvalue weighted by Crippen LogP contribution is -1.95. The molecule has 19 heavy (non-hydrogen) atoms. The summed E-state index contributed by atoms with van der Waals surface area (Å²) >= 11 is 3.41. The van der Waals surface area contributed by atoms with E-state index in [1.165, 1.54) is 0 Å². The summed E-state index contributed by atoms with van der Waals surface area (Å²) in [5.74, 6) is 0. The molecule has 3 rings (SSSR count). The van der Waals surface area contributed by atoms with Crippen LogP contribution in [0.25, 0.3) is 16.9 Å². The molecule has 0 radical (unpaired) electrons. The maximum atomic E-state index is 5.67. The van der Waals surface area contributed by atoms with Gasteiger partial charge >= 0.3 is 0 Å². The van der Waals surface area contributed by atoms with Gasteiger partial charge in [-0.2, -0.15) is 0 Å². The molecular formula is C14H11BrN4. The van der Waals surface area contributed by atoms with Crippen molar-refractivity contribution in [1.29, 1.82) is 0 Å². The minimum Gasteiger partial charge on any atom is -0.399 e. The van der Waals surface area contributed by atoms with Crippen molar-refractivity contribution in [2.24, 2.45) is 0 Å². The zero-order valence-corrected chi connectivity index (χ0v) is 11.6. The van der Waals surface area contributed by atoms with Gasteiger partial charge in [-0.05, 0) is 36.4 Å². The number of hydrogen-bond acceptors (Lipinski definition) is 3. The number of halogens is 1. The molecule has 1 aromatic heterocycles. The van der Waals surface area contributed by atoms with E-state index in [2.05, 4.69) is 26.2 Å². The zero-order chi connectivity index (χ0) is 13.2. The van der Waals surface area contributed by atoms with Crippen molar-refractivity contribution in [3.8, 4) is 16.9 Å². The minimum absolute atomic E-state index is 0.733. The van der Waals surface area contributed by atoms with E-state index in [1.807, 2.05) is 54.7 Å². The Morgan fingerprint density at radius 1 is 0.947 bits per heavy atom. The van der Waals surface area contributed by atoms with E-state index in [4.69, 9.17) is 5.73 Å². The summed E-state index contributed by atoms with van der Waals surface area (Å²) in [7, 11) is 0. The molecular weight excluding hydrogens is 304 g/mol. The van der Waals surface area contributed by atoms with Gasteiger partial charge in [-0.1, -0.05) is 33.3 Å². The molecule has 2 aromatic carbocycles. The van der Waals surface area contributed by atoms with Crippen LogP contribution in [0.15, 0.2) is 59.2 Å². The Hall–Kier alpha value is -2.14. The zero-order valence-electron chi connectivity index (χ0n) is 9.99. The topological polar surface area (TPSA) is 56.7 Å². The Labute approximate surface area is 119 Å². The first kappa shape index (κ1) is 11.9. The lowest BCUT2D eigenvalue weighted by molar-refractivity contribution is 0.804. The molecule has 0 bridgehead atoms. The third-order valence-electron chi connectivity index (χ3n) is 2.79. The molecule has 0 aliphatic carbocycles. The molecule has 3 aromatic rings. The number of hydrogen-bond donors (Lipinski definition) is 1. The predicted octanol–water partition coefficient (Wildman–Crippen LogP) is 3.28. The number of aromatic nitrogens is 3. The Kier molecular flexibility index (Phi) is 3.05. The monoisotopic (exact) mass is 314 g/mol. The summed E-state index contributed by atoms with van der Waals surface area (Å²) in [6.45, 7) is 0. The highest BCUT2D eigenvalue weighted by Gasteiger charge is 2.05. The quantitative estimate of drug-likeness (QED) is 0.738. The van der Waals surface area contributed by atoms with Crippen LogP contribution in [0.1, 0.15) is 0 Å². The average Bonchev–Trinajstić information content (AvgIpc) is 2.90. The van der Waals surface area contributed by atoms with Gasteiger partial charge < -0.3 is 5.73 Å². The van der Waals surface area contributed by atoms with Gasteiger partial charge in [-0.3, -0.25) is 0 Å². The summed E-state index contributed by atoms with van der Waals surface area (Å²) in [6.07, 6.45) is 1.90. The number of rotatable bonds is 2. The van der Waals surface area contributed by atoms with Crippen LogP contribution in [0.5, 0.6) is 0 Å². The maximum Gasteiger partial charge on any atom is 0.113 e. The van der Waals surface area contributed by atoms with Crippen LogP contribution in [0.4, 0.5) is 5.69 Å². The third-order valence-corrected chi connectivity index (χ3v) is 3.32. The first-order chi connectivity index (χ1) is 9.22. The molecule has 0 unspecified atom stereocenters. The smallest absolute Gasteiger partial charge is 0.113 e. The predicted molar refractivity (Wildman–Crippen MR) is 78.9 cm³/mol. The summed E-state index contributed by atoms with van der Waals surface area (Å²) in [4.78, 5) is 0. The van der Waals surface area contributed by atoms with Crippen molar-refractivity contribution in [2.75, 3.05) is 5.73 Å². The number of benzene rings is 2. The molecule has 5 heteroatoms. The SMILES string of the molecule is Nc1ccc(-n2cc(-c3ccc(Br)cc3)nn2)cc1. The summed E-state index contributed by atoms with van der Waals surface area (Å²) in [5, 5.41) is 8.31. The Bertz CT molecular complexity index is 626. The highest BCUT2D eigenvalue weighted by Crippen LogP contribution is 2.20. The first-order valence-electron chi connectivity index (χ1n) is 5.76. The van der Waals surface area contributed by atoms with Gasteiger partial charge in [0.15, 0.2) is 0 Å². The lowest BCUT2D eigenvalue weighted by Gasteiger charge is -1.99. The largest absolute Gasteiger partial charge is 0.399 e. The summed E-state index contributed by atoms with van der Waals surface area (Å²) in [5.41, 5.74) is 9.20. The summed E-state index contributed by atoms with van der Waals surface area (Å²) in [6, 6.07) is 15.5. The molecule has 0 fully saturated rings. The van der Waals surface area contributed by atoms with E-state index in [1.54, 1.807) is 4.68 Å². The van der Waals surface area contributed by atoms with E-state index < -0.39 is 0 Å². The van der Waals surface area contributed by atoms with Crippen LogP contribution < -0.4 is 5.73 Å². The fourth-order valence-electron chi connectivity index (χ4n) is 1.77. The molecule has 0 amide bonds. The van der Waals surface area contributed by atoms with Crippen LogP contribution in [0.3, 0.4) is 0 Å². The molecule has 0 spiro atoms. The van der Waals surface area contributed by atoms with Crippen LogP contribution in [0, 0.1) is 0 Å². The highest BCUT2D eigenvalue weighted by molar-refractivity contribution is 9.10. The molecule has 94 valence electrons. The van der Waals surface area contributed by atoms with Gasteiger partial charge in [-0.15, -0.1) is 5.10 Å². The van der Waals surface area contributed by atoms with Crippen LogP contribution in [0.2, 0.25) is 0 Å². The molecule has 1 heterocycles. The second-order valence-corrected chi connectivity index (χ2v) is 5.06. The normalized spacial score (nSPS) is 10.6. The van der Waals surface area contributed by atoms with Gasteiger partial charge in [0.1, 0.15) is 5.69 Å². The molecule has 0 aliphatic rings. The van der Waals surface area contributed by atoms with E-state index in [0.29, 0.717) is 0 Å². The van der Waals surface area contributed by atoms with Crippen molar-refractivity contribution >= 4 is 21.6 Å². The minimum atomic E-state index is 0.733. The standard InChI is InChI=1S/C14H11BrN4/c15-11-3-1-10(2-4-11)14-9-19(18-17-14)13-7-5-12(16)6-8-13/h1-9H,16H2.